The molecule has 1 saturated heterocycles. The van der Waals surface area contributed by atoms with Gasteiger partial charge in [0.15, 0.2) is 0 Å². The van der Waals surface area contributed by atoms with E-state index in [1.165, 1.54) is 5.56 Å². The van der Waals surface area contributed by atoms with Gasteiger partial charge in [-0.1, -0.05) is 29.8 Å². The SMILES string of the molecule is COCCN(C)c1nc(N=NCc2cccc(C)c2)nc(OCCN2CCOCC2)n1. The molecule has 1 aliphatic rings. The van der Waals surface area contributed by atoms with E-state index in [2.05, 4.69) is 49.1 Å². The van der Waals surface area contributed by atoms with Crippen LogP contribution in [0.3, 0.4) is 0 Å². The van der Waals surface area contributed by atoms with E-state index in [0.29, 0.717) is 32.3 Å². The van der Waals surface area contributed by atoms with Gasteiger partial charge in [0.1, 0.15) is 6.61 Å². The Balaban J connectivity index is 1.66. The fraction of sp³-hybridized carbons (Fsp3) is 0.571. The second-order valence-corrected chi connectivity index (χ2v) is 7.32. The zero-order valence-electron chi connectivity index (χ0n) is 18.5. The number of hydrogen-bond acceptors (Lipinski definition) is 10. The standard InChI is InChI=1S/C21H31N7O3/c1-17-5-4-6-18(15-17)16-22-26-19-23-20(27(2)7-11-29-3)25-21(24-19)31-14-10-28-8-12-30-13-9-28/h4-6,15H,7-14,16H2,1-3H3. The molecule has 1 aromatic heterocycles. The van der Waals surface area contributed by atoms with E-state index >= 15 is 0 Å². The van der Waals surface area contributed by atoms with Gasteiger partial charge in [-0.05, 0) is 12.5 Å². The van der Waals surface area contributed by atoms with Gasteiger partial charge < -0.3 is 19.1 Å². The highest BCUT2D eigenvalue weighted by molar-refractivity contribution is 5.34. The van der Waals surface area contributed by atoms with Crippen molar-refractivity contribution >= 4 is 11.9 Å². The maximum absolute atomic E-state index is 5.82. The summed E-state index contributed by atoms with van der Waals surface area (Å²) in [7, 11) is 3.55. The van der Waals surface area contributed by atoms with Gasteiger partial charge in [0, 0.05) is 40.3 Å². The van der Waals surface area contributed by atoms with Crippen molar-refractivity contribution < 1.29 is 14.2 Å². The third kappa shape index (κ3) is 7.82. The van der Waals surface area contributed by atoms with Gasteiger partial charge in [-0.2, -0.15) is 20.1 Å². The van der Waals surface area contributed by atoms with Crippen LogP contribution in [0.1, 0.15) is 11.1 Å². The van der Waals surface area contributed by atoms with Crippen molar-refractivity contribution in [1.29, 1.82) is 0 Å². The Morgan fingerprint density at radius 3 is 2.77 bits per heavy atom. The Kier molecular flexibility index (Phi) is 9.07. The molecule has 0 unspecified atom stereocenters. The lowest BCUT2D eigenvalue weighted by molar-refractivity contribution is 0.0317. The molecule has 0 saturated carbocycles. The number of benzene rings is 1. The Labute approximate surface area is 183 Å². The number of rotatable bonds is 11. The van der Waals surface area contributed by atoms with Crippen LogP contribution in [0.25, 0.3) is 0 Å². The zero-order valence-corrected chi connectivity index (χ0v) is 18.5. The average Bonchev–Trinajstić information content (AvgIpc) is 2.78. The highest BCUT2D eigenvalue weighted by atomic mass is 16.5. The normalized spacial score (nSPS) is 14.8. The lowest BCUT2D eigenvalue weighted by Gasteiger charge is -2.26. The van der Waals surface area contributed by atoms with Crippen LogP contribution in [0.5, 0.6) is 6.01 Å². The second-order valence-electron chi connectivity index (χ2n) is 7.32. The third-order valence-corrected chi connectivity index (χ3v) is 4.80. The molecule has 31 heavy (non-hydrogen) atoms. The van der Waals surface area contributed by atoms with Crippen LogP contribution in [0, 0.1) is 6.92 Å². The molecule has 0 bridgehead atoms. The van der Waals surface area contributed by atoms with Crippen LogP contribution < -0.4 is 9.64 Å². The van der Waals surface area contributed by atoms with E-state index in [0.717, 1.165) is 38.4 Å². The summed E-state index contributed by atoms with van der Waals surface area (Å²) < 4.78 is 16.3. The Bertz CT molecular complexity index is 843. The molecular formula is C21H31N7O3. The molecule has 2 aromatic rings. The van der Waals surface area contributed by atoms with Crippen molar-refractivity contribution in [1.82, 2.24) is 19.9 Å². The molecule has 0 N–H and O–H groups in total. The molecule has 1 aliphatic heterocycles. The van der Waals surface area contributed by atoms with Gasteiger partial charge in [0.2, 0.25) is 5.95 Å². The number of aromatic nitrogens is 3. The molecule has 0 spiro atoms. The predicted molar refractivity (Wildman–Crippen MR) is 117 cm³/mol. The number of likely N-dealkylation sites (N-methyl/N-ethyl adjacent to an activating group) is 1. The van der Waals surface area contributed by atoms with E-state index < -0.39 is 0 Å². The first-order chi connectivity index (χ1) is 15.1. The molecule has 0 aliphatic carbocycles. The minimum absolute atomic E-state index is 0.225. The number of morpholine rings is 1. The molecule has 0 atom stereocenters. The minimum atomic E-state index is 0.225. The number of anilines is 1. The summed E-state index contributed by atoms with van der Waals surface area (Å²) in [6, 6.07) is 8.40. The van der Waals surface area contributed by atoms with Gasteiger partial charge in [-0.3, -0.25) is 4.90 Å². The van der Waals surface area contributed by atoms with Gasteiger partial charge in [-0.25, -0.2) is 0 Å². The van der Waals surface area contributed by atoms with Gasteiger partial charge >= 0.3 is 6.01 Å². The summed E-state index contributed by atoms with van der Waals surface area (Å²) >= 11 is 0. The molecule has 10 nitrogen and oxygen atoms in total. The lowest BCUT2D eigenvalue weighted by Crippen LogP contribution is -2.38. The molecule has 1 aromatic carbocycles. The minimum Gasteiger partial charge on any atom is -0.462 e. The van der Waals surface area contributed by atoms with Gasteiger partial charge in [0.25, 0.3) is 5.95 Å². The fourth-order valence-electron chi connectivity index (χ4n) is 3.03. The Morgan fingerprint density at radius 2 is 2.00 bits per heavy atom. The molecular weight excluding hydrogens is 398 g/mol. The first-order valence-electron chi connectivity index (χ1n) is 10.5. The maximum Gasteiger partial charge on any atom is 0.323 e. The monoisotopic (exact) mass is 429 g/mol. The summed E-state index contributed by atoms with van der Waals surface area (Å²) in [5.74, 6) is 0.696. The number of nitrogens with zero attached hydrogens (tertiary/aromatic N) is 7. The highest BCUT2D eigenvalue weighted by Crippen LogP contribution is 2.17. The van der Waals surface area contributed by atoms with E-state index in [4.69, 9.17) is 14.2 Å². The summed E-state index contributed by atoms with van der Waals surface area (Å²) in [5, 5.41) is 8.47. The smallest absolute Gasteiger partial charge is 0.323 e. The van der Waals surface area contributed by atoms with E-state index in [1.54, 1.807) is 7.11 Å². The molecule has 0 amide bonds. The first kappa shape index (κ1) is 23.0. The van der Waals surface area contributed by atoms with Crippen LogP contribution in [-0.4, -0.2) is 86.6 Å². The van der Waals surface area contributed by atoms with Crippen molar-refractivity contribution in [2.45, 2.75) is 13.5 Å². The first-order valence-corrected chi connectivity index (χ1v) is 10.5. The topological polar surface area (TPSA) is 97.6 Å². The average molecular weight is 430 g/mol. The maximum atomic E-state index is 5.82. The lowest BCUT2D eigenvalue weighted by atomic mass is 10.1. The van der Waals surface area contributed by atoms with Crippen LogP contribution >= 0.6 is 0 Å². The Morgan fingerprint density at radius 1 is 1.16 bits per heavy atom. The molecule has 10 heteroatoms. The summed E-state index contributed by atoms with van der Waals surface area (Å²) in [4.78, 5) is 17.3. The van der Waals surface area contributed by atoms with Crippen molar-refractivity contribution in [3.05, 3.63) is 35.4 Å². The molecule has 168 valence electrons. The van der Waals surface area contributed by atoms with Crippen LogP contribution in [0.2, 0.25) is 0 Å². The van der Waals surface area contributed by atoms with Gasteiger partial charge in [-0.15, -0.1) is 5.11 Å². The van der Waals surface area contributed by atoms with Gasteiger partial charge in [0.05, 0.1) is 26.4 Å². The molecule has 3 rings (SSSR count). The van der Waals surface area contributed by atoms with Crippen molar-refractivity contribution in [2.75, 3.05) is 71.7 Å². The number of ether oxygens (including phenoxy) is 3. The van der Waals surface area contributed by atoms with Crippen molar-refractivity contribution in [3.63, 3.8) is 0 Å². The highest BCUT2D eigenvalue weighted by Gasteiger charge is 2.13. The quantitative estimate of drug-likeness (QED) is 0.502. The van der Waals surface area contributed by atoms with E-state index in [-0.39, 0.29) is 12.0 Å². The van der Waals surface area contributed by atoms with Crippen LogP contribution in [-0.2, 0) is 16.0 Å². The van der Waals surface area contributed by atoms with Crippen molar-refractivity contribution in [3.8, 4) is 6.01 Å². The number of methoxy groups -OCH3 is 1. The fourth-order valence-corrected chi connectivity index (χ4v) is 3.03. The number of hydrogen-bond donors (Lipinski definition) is 0. The van der Waals surface area contributed by atoms with Crippen molar-refractivity contribution in [2.24, 2.45) is 10.2 Å². The summed E-state index contributed by atoms with van der Waals surface area (Å²) in [6.07, 6.45) is 0. The largest absolute Gasteiger partial charge is 0.462 e. The van der Waals surface area contributed by atoms with Crippen LogP contribution in [0.15, 0.2) is 34.5 Å². The number of azo groups is 1. The Hall–Kier alpha value is -2.69. The predicted octanol–water partition coefficient (Wildman–Crippen LogP) is 2.26. The third-order valence-electron chi connectivity index (χ3n) is 4.80. The summed E-state index contributed by atoms with van der Waals surface area (Å²) in [6.45, 7) is 8.28. The summed E-state index contributed by atoms with van der Waals surface area (Å²) in [5.41, 5.74) is 2.27. The molecule has 0 radical (unpaired) electrons. The zero-order chi connectivity index (χ0) is 21.9. The molecule has 1 fully saturated rings. The number of aryl methyl sites for hydroxylation is 1. The van der Waals surface area contributed by atoms with E-state index in [1.807, 2.05) is 24.1 Å². The van der Waals surface area contributed by atoms with E-state index in [9.17, 15) is 0 Å². The van der Waals surface area contributed by atoms with Crippen LogP contribution in [0.4, 0.5) is 11.9 Å². The molecule has 2 heterocycles. The second kappa shape index (κ2) is 12.2.